The molecule has 2 rings (SSSR count). The van der Waals surface area contributed by atoms with Crippen LogP contribution in [0.15, 0.2) is 23.8 Å². The normalized spacial score (nSPS) is 28.2. The molecule has 0 aromatic rings. The molecule has 0 aliphatic heterocycles. The van der Waals surface area contributed by atoms with Crippen molar-refractivity contribution in [3.8, 4) is 0 Å². The summed E-state index contributed by atoms with van der Waals surface area (Å²) in [5.74, 6) is 1.30. The Hall–Kier alpha value is -0.680. The Labute approximate surface area is 192 Å². The van der Waals surface area contributed by atoms with Crippen LogP contribution in [0.2, 0.25) is 0 Å². The van der Waals surface area contributed by atoms with Crippen molar-refractivity contribution < 1.29 is 10.2 Å². The van der Waals surface area contributed by atoms with Gasteiger partial charge < -0.3 is 15.5 Å². The molecular weight excluding hydrogens is 384 g/mol. The van der Waals surface area contributed by atoms with E-state index in [1.807, 2.05) is 6.92 Å². The SMILES string of the molecule is CCCC[C@](C)(O)C/C=C/[C@@H]1[C@H]2CC(CCNCCN(C(C)C)C(C)C)=C[C@H]2C[C@H]1O. The molecule has 31 heavy (non-hydrogen) atoms. The molecule has 0 aromatic heterocycles. The number of aliphatic hydroxyl groups excluding tert-OH is 1. The number of rotatable bonds is 14. The molecule has 0 spiro atoms. The molecule has 0 heterocycles. The number of hydrogen-bond donors (Lipinski definition) is 3. The second kappa shape index (κ2) is 12.5. The van der Waals surface area contributed by atoms with Crippen LogP contribution in [0, 0.1) is 17.8 Å². The van der Waals surface area contributed by atoms with E-state index < -0.39 is 5.60 Å². The Bertz CT molecular complexity index is 574. The summed E-state index contributed by atoms with van der Waals surface area (Å²) in [7, 11) is 0. The van der Waals surface area contributed by atoms with E-state index in [1.165, 1.54) is 0 Å². The summed E-state index contributed by atoms with van der Waals surface area (Å²) in [6.45, 7) is 16.4. The first-order chi connectivity index (χ1) is 14.6. The molecule has 2 aliphatic rings. The molecule has 3 N–H and O–H groups in total. The zero-order valence-corrected chi connectivity index (χ0v) is 21.1. The van der Waals surface area contributed by atoms with E-state index in [1.54, 1.807) is 5.57 Å². The summed E-state index contributed by atoms with van der Waals surface area (Å²) in [4.78, 5) is 2.53. The molecule has 0 amide bonds. The lowest BCUT2D eigenvalue weighted by atomic mass is 9.88. The molecule has 0 unspecified atom stereocenters. The van der Waals surface area contributed by atoms with Gasteiger partial charge in [0.25, 0.3) is 0 Å². The third kappa shape index (κ3) is 8.31. The van der Waals surface area contributed by atoms with Crippen LogP contribution >= 0.6 is 0 Å². The highest BCUT2D eigenvalue weighted by atomic mass is 16.3. The molecule has 4 nitrogen and oxygen atoms in total. The lowest BCUT2D eigenvalue weighted by molar-refractivity contribution is 0.0513. The molecule has 0 saturated heterocycles. The lowest BCUT2D eigenvalue weighted by Crippen LogP contribution is -2.41. The topological polar surface area (TPSA) is 55.7 Å². The molecule has 1 fully saturated rings. The molecule has 0 radical (unpaired) electrons. The monoisotopic (exact) mass is 434 g/mol. The second-order valence-electron chi connectivity index (χ2n) is 10.9. The van der Waals surface area contributed by atoms with Crippen molar-refractivity contribution in [2.75, 3.05) is 19.6 Å². The van der Waals surface area contributed by atoms with Gasteiger partial charge in [-0.05, 0) is 85.1 Å². The molecular formula is C27H50N2O2. The number of unbranched alkanes of at least 4 members (excludes halogenated alkanes) is 1. The number of aliphatic hydroxyl groups is 2. The first-order valence-corrected chi connectivity index (χ1v) is 12.9. The number of fused-ring (bicyclic) bond motifs is 1. The van der Waals surface area contributed by atoms with Gasteiger partial charge in [0.05, 0.1) is 11.7 Å². The predicted molar refractivity (Wildman–Crippen MR) is 132 cm³/mol. The minimum atomic E-state index is -0.624. The third-order valence-corrected chi connectivity index (χ3v) is 7.43. The van der Waals surface area contributed by atoms with Crippen LogP contribution in [0.5, 0.6) is 0 Å². The fraction of sp³-hybridized carbons (Fsp3) is 0.852. The number of nitrogens with one attached hydrogen (secondary N) is 1. The molecule has 0 bridgehead atoms. The van der Waals surface area contributed by atoms with Crippen molar-refractivity contribution in [3.63, 3.8) is 0 Å². The number of hydrogen-bond acceptors (Lipinski definition) is 4. The van der Waals surface area contributed by atoms with E-state index in [0.717, 1.165) is 58.2 Å². The largest absolute Gasteiger partial charge is 0.392 e. The van der Waals surface area contributed by atoms with E-state index >= 15 is 0 Å². The zero-order valence-electron chi connectivity index (χ0n) is 21.1. The Kier molecular flexibility index (Phi) is 10.7. The van der Waals surface area contributed by atoms with Gasteiger partial charge in [-0.3, -0.25) is 4.90 Å². The van der Waals surface area contributed by atoms with E-state index in [-0.39, 0.29) is 12.0 Å². The summed E-state index contributed by atoms with van der Waals surface area (Å²) in [5, 5.41) is 24.7. The van der Waals surface area contributed by atoms with Crippen molar-refractivity contribution in [2.24, 2.45) is 17.8 Å². The molecule has 2 aliphatic carbocycles. The highest BCUT2D eigenvalue weighted by Crippen LogP contribution is 2.48. The van der Waals surface area contributed by atoms with E-state index in [4.69, 9.17) is 0 Å². The van der Waals surface area contributed by atoms with Crippen LogP contribution < -0.4 is 5.32 Å². The number of allylic oxidation sites excluding steroid dienone is 1. The van der Waals surface area contributed by atoms with Crippen LogP contribution in [-0.2, 0) is 0 Å². The van der Waals surface area contributed by atoms with Gasteiger partial charge in [-0.25, -0.2) is 0 Å². The van der Waals surface area contributed by atoms with Crippen molar-refractivity contribution >= 4 is 0 Å². The van der Waals surface area contributed by atoms with Gasteiger partial charge in [-0.15, -0.1) is 0 Å². The van der Waals surface area contributed by atoms with Gasteiger partial charge in [0, 0.05) is 31.1 Å². The van der Waals surface area contributed by atoms with Gasteiger partial charge in [-0.1, -0.05) is 43.6 Å². The van der Waals surface area contributed by atoms with Crippen LogP contribution in [-0.4, -0.2) is 58.5 Å². The molecule has 180 valence electrons. The Morgan fingerprint density at radius 1 is 1.23 bits per heavy atom. The van der Waals surface area contributed by atoms with E-state index in [0.29, 0.717) is 30.3 Å². The van der Waals surface area contributed by atoms with Crippen molar-refractivity contribution in [1.82, 2.24) is 10.2 Å². The molecule has 1 saturated carbocycles. The summed E-state index contributed by atoms with van der Waals surface area (Å²) in [6, 6.07) is 1.18. The van der Waals surface area contributed by atoms with Crippen molar-refractivity contribution in [2.45, 2.75) is 110 Å². The van der Waals surface area contributed by atoms with Gasteiger partial charge >= 0.3 is 0 Å². The zero-order chi connectivity index (χ0) is 23.0. The Balaban J connectivity index is 1.74. The maximum absolute atomic E-state index is 10.6. The maximum Gasteiger partial charge on any atom is 0.0654 e. The smallest absolute Gasteiger partial charge is 0.0654 e. The summed E-state index contributed by atoms with van der Waals surface area (Å²) in [6.07, 6.45) is 13.4. The quantitative estimate of drug-likeness (QED) is 0.268. The highest BCUT2D eigenvalue weighted by Gasteiger charge is 2.43. The molecule has 5 atom stereocenters. The van der Waals surface area contributed by atoms with Gasteiger partial charge in [0.1, 0.15) is 0 Å². The predicted octanol–water partition coefficient (Wildman–Crippen LogP) is 4.92. The Morgan fingerprint density at radius 3 is 2.58 bits per heavy atom. The summed E-state index contributed by atoms with van der Waals surface area (Å²) in [5.41, 5.74) is 0.938. The summed E-state index contributed by atoms with van der Waals surface area (Å²) >= 11 is 0. The summed E-state index contributed by atoms with van der Waals surface area (Å²) < 4.78 is 0. The fourth-order valence-electron chi connectivity index (χ4n) is 5.62. The fourth-order valence-corrected chi connectivity index (χ4v) is 5.62. The first-order valence-electron chi connectivity index (χ1n) is 12.9. The first kappa shape index (κ1) is 26.6. The number of nitrogens with zero attached hydrogens (tertiary/aromatic N) is 1. The minimum absolute atomic E-state index is 0.235. The Morgan fingerprint density at radius 2 is 1.94 bits per heavy atom. The van der Waals surface area contributed by atoms with Crippen molar-refractivity contribution in [1.29, 1.82) is 0 Å². The molecule has 0 aromatic carbocycles. The average molecular weight is 435 g/mol. The van der Waals surface area contributed by atoms with Crippen LogP contribution in [0.3, 0.4) is 0 Å². The van der Waals surface area contributed by atoms with Crippen molar-refractivity contribution in [3.05, 3.63) is 23.8 Å². The second-order valence-corrected chi connectivity index (χ2v) is 10.9. The molecule has 4 heteroatoms. The van der Waals surface area contributed by atoms with Gasteiger partial charge in [-0.2, -0.15) is 0 Å². The standard InChI is InChI=1S/C27H50N2O2/c1-7-8-12-27(6,31)13-9-10-24-25-18-22(17-23(25)19-26(24)30)11-14-28-15-16-29(20(2)3)21(4)5/h9-10,17,20-21,23-26,28,30-31H,7-8,11-16,18-19H2,1-6H3/b10-9+/t23-,24+,25-,26+,27-/m0/s1. The maximum atomic E-state index is 10.6. The lowest BCUT2D eigenvalue weighted by Gasteiger charge is -2.30. The highest BCUT2D eigenvalue weighted by molar-refractivity contribution is 5.21. The average Bonchev–Trinajstić information content (AvgIpc) is 3.19. The van der Waals surface area contributed by atoms with E-state index in [2.05, 4.69) is 63.1 Å². The third-order valence-electron chi connectivity index (χ3n) is 7.43. The van der Waals surface area contributed by atoms with Gasteiger partial charge in [0.15, 0.2) is 0 Å². The van der Waals surface area contributed by atoms with E-state index in [9.17, 15) is 10.2 Å². The van der Waals surface area contributed by atoms with Crippen LogP contribution in [0.4, 0.5) is 0 Å². The minimum Gasteiger partial charge on any atom is -0.392 e. The van der Waals surface area contributed by atoms with Gasteiger partial charge in [0.2, 0.25) is 0 Å². The van der Waals surface area contributed by atoms with Crippen LogP contribution in [0.1, 0.15) is 86.5 Å². The van der Waals surface area contributed by atoms with Crippen LogP contribution in [0.25, 0.3) is 0 Å².